The molecule has 0 spiro atoms. The van der Waals surface area contributed by atoms with Gasteiger partial charge >= 0.3 is 17.9 Å². The molecule has 0 aliphatic rings. The van der Waals surface area contributed by atoms with E-state index < -0.39 is 6.10 Å². The molecule has 0 N–H and O–H groups in total. The summed E-state index contributed by atoms with van der Waals surface area (Å²) in [4.78, 5) is 37.8. The summed E-state index contributed by atoms with van der Waals surface area (Å²) in [6.45, 7) is 13.7. The van der Waals surface area contributed by atoms with Gasteiger partial charge in [0, 0.05) is 19.3 Å². The molecule has 0 aliphatic heterocycles. The molecule has 6 heteroatoms. The minimum absolute atomic E-state index is 0.0659. The smallest absolute Gasteiger partial charge is 0.306 e. The van der Waals surface area contributed by atoms with Gasteiger partial charge in [0.2, 0.25) is 0 Å². The molecule has 6 nitrogen and oxygen atoms in total. The third kappa shape index (κ3) is 45.9. The van der Waals surface area contributed by atoms with Gasteiger partial charge < -0.3 is 14.2 Å². The number of carbonyl (C=O) groups is 3. The van der Waals surface area contributed by atoms with E-state index in [4.69, 9.17) is 14.2 Å². The monoisotopic (exact) mass is 849 g/mol. The minimum Gasteiger partial charge on any atom is -0.462 e. The van der Waals surface area contributed by atoms with E-state index in [2.05, 4.69) is 41.5 Å². The molecule has 0 aromatic rings. The van der Waals surface area contributed by atoms with Crippen LogP contribution in [0.3, 0.4) is 0 Å². The number of ether oxygens (including phenoxy) is 3. The molecule has 0 rings (SSSR count). The van der Waals surface area contributed by atoms with Gasteiger partial charge in [0.25, 0.3) is 0 Å². The van der Waals surface area contributed by atoms with Gasteiger partial charge in [0.1, 0.15) is 13.2 Å². The summed E-state index contributed by atoms with van der Waals surface area (Å²) in [6, 6.07) is 0. The fraction of sp³-hybridized carbons (Fsp3) is 0.944. The molecule has 0 radical (unpaired) electrons. The number of carbonyl (C=O) groups excluding carboxylic acids is 3. The van der Waals surface area contributed by atoms with Crippen LogP contribution in [0.5, 0.6) is 0 Å². The van der Waals surface area contributed by atoms with Crippen molar-refractivity contribution in [2.75, 3.05) is 13.2 Å². The first kappa shape index (κ1) is 58.4. The maximum Gasteiger partial charge on any atom is 0.306 e. The predicted molar refractivity (Wildman–Crippen MR) is 256 cm³/mol. The molecule has 0 fully saturated rings. The van der Waals surface area contributed by atoms with Gasteiger partial charge in [0.15, 0.2) is 6.10 Å². The lowest BCUT2D eigenvalue weighted by atomic mass is 9.99. The van der Waals surface area contributed by atoms with E-state index in [0.29, 0.717) is 19.3 Å². The summed E-state index contributed by atoms with van der Waals surface area (Å²) < 4.78 is 16.8. The van der Waals surface area contributed by atoms with Crippen molar-refractivity contribution in [3.63, 3.8) is 0 Å². The Hall–Kier alpha value is -1.59. The molecule has 0 aromatic heterocycles. The second-order valence-corrected chi connectivity index (χ2v) is 19.7. The fourth-order valence-corrected chi connectivity index (χ4v) is 8.08. The van der Waals surface area contributed by atoms with Crippen LogP contribution < -0.4 is 0 Å². The van der Waals surface area contributed by atoms with Crippen molar-refractivity contribution < 1.29 is 28.6 Å². The highest BCUT2D eigenvalue weighted by atomic mass is 16.6. The van der Waals surface area contributed by atoms with Crippen molar-refractivity contribution in [3.05, 3.63) is 0 Å². The molecule has 60 heavy (non-hydrogen) atoms. The van der Waals surface area contributed by atoms with E-state index >= 15 is 0 Å². The van der Waals surface area contributed by atoms with Crippen molar-refractivity contribution in [1.82, 2.24) is 0 Å². The summed E-state index contributed by atoms with van der Waals surface area (Å²) >= 11 is 0. The minimum atomic E-state index is -0.763. The number of esters is 3. The summed E-state index contributed by atoms with van der Waals surface area (Å²) in [5.41, 5.74) is 0. The zero-order chi connectivity index (χ0) is 44.2. The van der Waals surface area contributed by atoms with Crippen LogP contribution >= 0.6 is 0 Å². The van der Waals surface area contributed by atoms with Crippen LogP contribution in [0.2, 0.25) is 0 Å². The number of unbranched alkanes of at least 4 members (excludes halogenated alkanes) is 29. The lowest BCUT2D eigenvalue weighted by Crippen LogP contribution is -2.30. The molecular formula is C54H104O6. The summed E-state index contributed by atoms with van der Waals surface area (Å²) in [5.74, 6) is 1.61. The Balaban J connectivity index is 4.14. The normalized spacial score (nSPS) is 12.6. The van der Waals surface area contributed by atoms with Crippen molar-refractivity contribution in [2.24, 2.45) is 17.8 Å². The Morgan fingerprint density at radius 2 is 0.583 bits per heavy atom. The molecule has 0 aromatic carbocycles. The fourth-order valence-electron chi connectivity index (χ4n) is 8.08. The molecule has 1 unspecified atom stereocenters. The highest BCUT2D eigenvalue weighted by molar-refractivity contribution is 5.71. The third-order valence-electron chi connectivity index (χ3n) is 12.5. The second kappa shape index (κ2) is 45.4. The van der Waals surface area contributed by atoms with Crippen molar-refractivity contribution in [1.29, 1.82) is 0 Å². The Morgan fingerprint density at radius 1 is 0.333 bits per heavy atom. The van der Waals surface area contributed by atoms with Gasteiger partial charge in [-0.05, 0) is 37.0 Å². The topological polar surface area (TPSA) is 78.9 Å². The summed E-state index contributed by atoms with van der Waals surface area (Å²) in [7, 11) is 0. The van der Waals surface area contributed by atoms with Crippen LogP contribution in [-0.2, 0) is 28.6 Å². The SMILES string of the molecule is CCC(C)CCCCCCCCCCCCCCCCCCCCC(=O)OC[C@H](COC(=O)CCCCCCCCCCC(C)C)OC(=O)CCCCCCCCC(C)C. The van der Waals surface area contributed by atoms with E-state index in [1.807, 2.05) is 0 Å². The number of rotatable bonds is 47. The van der Waals surface area contributed by atoms with Gasteiger partial charge in [-0.25, -0.2) is 0 Å². The highest BCUT2D eigenvalue weighted by Crippen LogP contribution is 2.18. The molecule has 0 aliphatic carbocycles. The van der Waals surface area contributed by atoms with Gasteiger partial charge in [-0.15, -0.1) is 0 Å². The maximum absolute atomic E-state index is 12.7. The lowest BCUT2D eigenvalue weighted by Gasteiger charge is -2.18. The van der Waals surface area contributed by atoms with Crippen molar-refractivity contribution >= 4 is 17.9 Å². The van der Waals surface area contributed by atoms with Crippen molar-refractivity contribution in [2.45, 2.75) is 298 Å². The van der Waals surface area contributed by atoms with Crippen LogP contribution in [0.4, 0.5) is 0 Å². The number of hydrogen-bond acceptors (Lipinski definition) is 6. The third-order valence-corrected chi connectivity index (χ3v) is 12.5. The van der Waals surface area contributed by atoms with E-state index in [0.717, 1.165) is 75.5 Å². The first-order valence-electron chi connectivity index (χ1n) is 26.6. The summed E-state index contributed by atoms with van der Waals surface area (Å²) in [6.07, 6.45) is 45.4. The Kier molecular flexibility index (Phi) is 44.2. The van der Waals surface area contributed by atoms with Crippen LogP contribution in [0.15, 0.2) is 0 Å². The molecule has 356 valence electrons. The lowest BCUT2D eigenvalue weighted by molar-refractivity contribution is -0.167. The van der Waals surface area contributed by atoms with E-state index in [-0.39, 0.29) is 31.1 Å². The van der Waals surface area contributed by atoms with Gasteiger partial charge in [-0.2, -0.15) is 0 Å². The Labute approximate surface area is 374 Å². The molecule has 2 atom stereocenters. The average Bonchev–Trinajstić information content (AvgIpc) is 3.22. The molecule has 0 heterocycles. The largest absolute Gasteiger partial charge is 0.462 e. The Bertz CT molecular complexity index is 931. The van der Waals surface area contributed by atoms with Crippen LogP contribution in [-0.4, -0.2) is 37.2 Å². The van der Waals surface area contributed by atoms with Crippen LogP contribution in [0.25, 0.3) is 0 Å². The highest BCUT2D eigenvalue weighted by Gasteiger charge is 2.19. The first-order valence-corrected chi connectivity index (χ1v) is 26.6. The quantitative estimate of drug-likeness (QED) is 0.0345. The molecule has 0 saturated carbocycles. The van der Waals surface area contributed by atoms with E-state index in [9.17, 15) is 14.4 Å². The van der Waals surface area contributed by atoms with Gasteiger partial charge in [-0.1, -0.05) is 253 Å². The molecule has 0 saturated heterocycles. The van der Waals surface area contributed by atoms with Crippen LogP contribution in [0, 0.1) is 17.8 Å². The molecule has 0 bridgehead atoms. The van der Waals surface area contributed by atoms with E-state index in [1.54, 1.807) is 0 Å². The first-order chi connectivity index (χ1) is 29.1. The number of hydrogen-bond donors (Lipinski definition) is 0. The van der Waals surface area contributed by atoms with E-state index in [1.165, 1.54) is 173 Å². The zero-order valence-corrected chi connectivity index (χ0v) is 41.3. The predicted octanol–water partition coefficient (Wildman–Crippen LogP) is 17.2. The Morgan fingerprint density at radius 3 is 0.867 bits per heavy atom. The standard InChI is InChI=1S/C54H104O6/c1-7-50(6)42-36-30-23-18-16-14-12-10-8-9-11-13-15-17-19-24-31-37-43-52(55)58-46-51(60-54(57)45-39-33-27-26-29-35-41-49(4)5)47-59-53(56)44-38-32-25-21-20-22-28-34-40-48(2)3/h48-51H,7-47H2,1-6H3/t50?,51-/m1/s1. The average molecular weight is 849 g/mol. The van der Waals surface area contributed by atoms with Gasteiger partial charge in [-0.3, -0.25) is 14.4 Å². The summed E-state index contributed by atoms with van der Waals surface area (Å²) in [5, 5.41) is 0. The van der Waals surface area contributed by atoms with Gasteiger partial charge in [0.05, 0.1) is 0 Å². The second-order valence-electron chi connectivity index (χ2n) is 19.7. The molecular weight excluding hydrogens is 745 g/mol. The van der Waals surface area contributed by atoms with Crippen LogP contribution in [0.1, 0.15) is 292 Å². The van der Waals surface area contributed by atoms with Crippen molar-refractivity contribution in [3.8, 4) is 0 Å². The molecule has 0 amide bonds. The zero-order valence-electron chi connectivity index (χ0n) is 41.3. The maximum atomic E-state index is 12.7.